The maximum atomic E-state index is 12.0. The van der Waals surface area contributed by atoms with Gasteiger partial charge in [-0.25, -0.2) is 5.43 Å². The molecular weight excluding hydrogens is 304 g/mol. The minimum atomic E-state index is -0.380. The molecule has 0 saturated carbocycles. The van der Waals surface area contributed by atoms with E-state index >= 15 is 0 Å². The van der Waals surface area contributed by atoms with Crippen molar-refractivity contribution >= 4 is 23.7 Å². The highest BCUT2D eigenvalue weighted by Crippen LogP contribution is 2.23. The first-order valence-electron chi connectivity index (χ1n) is 6.45. The van der Waals surface area contributed by atoms with Gasteiger partial charge in [0.15, 0.2) is 0 Å². The first-order valence-corrected chi connectivity index (χ1v) is 6.83. The molecule has 0 aliphatic rings. The van der Waals surface area contributed by atoms with E-state index in [0.717, 1.165) is 0 Å². The molecule has 2 rings (SSSR count). The van der Waals surface area contributed by atoms with Crippen LogP contribution in [0.1, 0.15) is 15.9 Å². The monoisotopic (exact) mass is 318 g/mol. The molecule has 2 aromatic carbocycles. The molecule has 2 aromatic rings. The third-order valence-electron chi connectivity index (χ3n) is 2.93. The van der Waals surface area contributed by atoms with E-state index in [1.165, 1.54) is 6.21 Å². The standard InChI is InChI=1S/C16H15ClN2O3/c1-21-12-8-7-11(15(9-12)22-2)10-18-19-16(20)13-5-3-4-6-14(13)17/h3-10H,1-2H3,(H,19,20)/b18-10-. The fraction of sp³-hybridized carbons (Fsp3) is 0.125. The van der Waals surface area contributed by atoms with Gasteiger partial charge in [0.2, 0.25) is 0 Å². The van der Waals surface area contributed by atoms with E-state index in [1.54, 1.807) is 56.7 Å². The molecule has 0 bridgehead atoms. The molecule has 0 aromatic heterocycles. The highest BCUT2D eigenvalue weighted by molar-refractivity contribution is 6.33. The summed E-state index contributed by atoms with van der Waals surface area (Å²) in [6, 6.07) is 12.1. The fourth-order valence-electron chi connectivity index (χ4n) is 1.79. The van der Waals surface area contributed by atoms with Crippen LogP contribution in [0.15, 0.2) is 47.6 Å². The van der Waals surface area contributed by atoms with Crippen LogP contribution < -0.4 is 14.9 Å². The molecule has 0 saturated heterocycles. The van der Waals surface area contributed by atoms with Crippen molar-refractivity contribution in [2.75, 3.05) is 14.2 Å². The van der Waals surface area contributed by atoms with Crippen LogP contribution in [0.2, 0.25) is 5.02 Å². The molecule has 0 aliphatic carbocycles. The molecule has 114 valence electrons. The summed E-state index contributed by atoms with van der Waals surface area (Å²) in [4.78, 5) is 12.0. The van der Waals surface area contributed by atoms with Crippen LogP contribution >= 0.6 is 11.6 Å². The van der Waals surface area contributed by atoms with Crippen LogP contribution in [-0.2, 0) is 0 Å². The van der Waals surface area contributed by atoms with E-state index in [1.807, 2.05) is 0 Å². The van der Waals surface area contributed by atoms with Crippen molar-refractivity contribution in [2.45, 2.75) is 0 Å². The smallest absolute Gasteiger partial charge is 0.272 e. The van der Waals surface area contributed by atoms with Crippen LogP contribution in [-0.4, -0.2) is 26.3 Å². The van der Waals surface area contributed by atoms with Gasteiger partial charge in [-0.1, -0.05) is 23.7 Å². The number of hydrogen-bond donors (Lipinski definition) is 1. The maximum Gasteiger partial charge on any atom is 0.272 e. The van der Waals surface area contributed by atoms with Crippen LogP contribution in [0, 0.1) is 0 Å². The molecule has 22 heavy (non-hydrogen) atoms. The Hall–Kier alpha value is -2.53. The number of rotatable bonds is 5. The molecule has 0 fully saturated rings. The Labute approximate surface area is 133 Å². The van der Waals surface area contributed by atoms with E-state index in [4.69, 9.17) is 21.1 Å². The lowest BCUT2D eigenvalue weighted by atomic mass is 10.2. The number of benzene rings is 2. The number of methoxy groups -OCH3 is 2. The van der Waals surface area contributed by atoms with Gasteiger partial charge < -0.3 is 9.47 Å². The second-order valence-electron chi connectivity index (χ2n) is 4.29. The quantitative estimate of drug-likeness (QED) is 0.680. The summed E-state index contributed by atoms with van der Waals surface area (Å²) >= 11 is 5.95. The summed E-state index contributed by atoms with van der Waals surface area (Å²) in [6.07, 6.45) is 1.49. The fourth-order valence-corrected chi connectivity index (χ4v) is 2.01. The zero-order valence-electron chi connectivity index (χ0n) is 12.2. The summed E-state index contributed by atoms with van der Waals surface area (Å²) < 4.78 is 10.4. The van der Waals surface area contributed by atoms with Gasteiger partial charge in [0, 0.05) is 11.6 Å². The number of ether oxygens (including phenoxy) is 2. The Balaban J connectivity index is 2.10. The van der Waals surface area contributed by atoms with Crippen molar-refractivity contribution in [3.05, 3.63) is 58.6 Å². The molecule has 6 heteroatoms. The summed E-state index contributed by atoms with van der Waals surface area (Å²) in [5.41, 5.74) is 3.50. The molecule has 0 atom stereocenters. The summed E-state index contributed by atoms with van der Waals surface area (Å²) in [5.74, 6) is 0.888. The molecule has 0 unspecified atom stereocenters. The normalized spacial score (nSPS) is 10.5. The van der Waals surface area contributed by atoms with Gasteiger partial charge in [0.25, 0.3) is 5.91 Å². The zero-order valence-corrected chi connectivity index (χ0v) is 12.9. The van der Waals surface area contributed by atoms with Crippen LogP contribution in [0.5, 0.6) is 11.5 Å². The van der Waals surface area contributed by atoms with E-state index < -0.39 is 0 Å². The van der Waals surface area contributed by atoms with Crippen molar-refractivity contribution in [1.82, 2.24) is 5.43 Å². The molecule has 0 spiro atoms. The van der Waals surface area contributed by atoms with Crippen molar-refractivity contribution in [3.63, 3.8) is 0 Å². The number of hydrogen-bond acceptors (Lipinski definition) is 4. The number of carbonyl (C=O) groups is 1. The topological polar surface area (TPSA) is 59.9 Å². The Kier molecular flexibility index (Phi) is 5.38. The Morgan fingerprint density at radius 3 is 2.64 bits per heavy atom. The van der Waals surface area contributed by atoms with Crippen LogP contribution in [0.25, 0.3) is 0 Å². The number of hydrazone groups is 1. The predicted molar refractivity (Wildman–Crippen MR) is 86.1 cm³/mol. The van der Waals surface area contributed by atoms with Crippen molar-refractivity contribution in [1.29, 1.82) is 0 Å². The number of nitrogens with one attached hydrogen (secondary N) is 1. The van der Waals surface area contributed by atoms with Crippen molar-refractivity contribution < 1.29 is 14.3 Å². The lowest BCUT2D eigenvalue weighted by Crippen LogP contribution is -2.18. The Morgan fingerprint density at radius 1 is 1.18 bits per heavy atom. The van der Waals surface area contributed by atoms with Crippen molar-refractivity contribution in [3.8, 4) is 11.5 Å². The molecule has 0 aliphatic heterocycles. The number of carbonyl (C=O) groups excluding carboxylic acids is 1. The van der Waals surface area contributed by atoms with Crippen LogP contribution in [0.4, 0.5) is 0 Å². The molecule has 0 heterocycles. The minimum absolute atomic E-state index is 0.364. The Bertz CT molecular complexity index is 702. The summed E-state index contributed by atoms with van der Waals surface area (Å²) in [5, 5.41) is 4.29. The molecule has 1 N–H and O–H groups in total. The molecule has 0 radical (unpaired) electrons. The highest BCUT2D eigenvalue weighted by atomic mass is 35.5. The van der Waals surface area contributed by atoms with Gasteiger partial charge in [-0.05, 0) is 24.3 Å². The molecule has 1 amide bonds. The lowest BCUT2D eigenvalue weighted by Gasteiger charge is -2.07. The first kappa shape index (κ1) is 15.9. The third-order valence-corrected chi connectivity index (χ3v) is 3.26. The number of nitrogens with zero attached hydrogens (tertiary/aromatic N) is 1. The maximum absolute atomic E-state index is 12.0. The van der Waals surface area contributed by atoms with E-state index in [2.05, 4.69) is 10.5 Å². The van der Waals surface area contributed by atoms with E-state index in [0.29, 0.717) is 27.6 Å². The van der Waals surface area contributed by atoms with Crippen LogP contribution in [0.3, 0.4) is 0 Å². The average molecular weight is 319 g/mol. The predicted octanol–water partition coefficient (Wildman–Crippen LogP) is 3.12. The summed E-state index contributed by atoms with van der Waals surface area (Å²) in [7, 11) is 3.13. The number of amides is 1. The third kappa shape index (κ3) is 3.77. The van der Waals surface area contributed by atoms with E-state index in [-0.39, 0.29) is 5.91 Å². The average Bonchev–Trinajstić information content (AvgIpc) is 2.55. The molecular formula is C16H15ClN2O3. The largest absolute Gasteiger partial charge is 0.497 e. The second-order valence-corrected chi connectivity index (χ2v) is 4.69. The zero-order chi connectivity index (χ0) is 15.9. The minimum Gasteiger partial charge on any atom is -0.497 e. The highest BCUT2D eigenvalue weighted by Gasteiger charge is 2.08. The van der Waals surface area contributed by atoms with Gasteiger partial charge in [-0.2, -0.15) is 5.10 Å². The van der Waals surface area contributed by atoms with E-state index in [9.17, 15) is 4.79 Å². The lowest BCUT2D eigenvalue weighted by molar-refractivity contribution is 0.0955. The van der Waals surface area contributed by atoms with Gasteiger partial charge in [0.1, 0.15) is 11.5 Å². The first-order chi connectivity index (χ1) is 10.7. The number of halogens is 1. The van der Waals surface area contributed by atoms with Gasteiger partial charge >= 0.3 is 0 Å². The SMILES string of the molecule is COc1ccc(/C=N\NC(=O)c2ccccc2Cl)c(OC)c1. The van der Waals surface area contributed by atoms with Gasteiger partial charge in [-0.3, -0.25) is 4.79 Å². The van der Waals surface area contributed by atoms with Crippen molar-refractivity contribution in [2.24, 2.45) is 5.10 Å². The van der Waals surface area contributed by atoms with Gasteiger partial charge in [-0.15, -0.1) is 0 Å². The second kappa shape index (κ2) is 7.47. The Morgan fingerprint density at radius 2 is 1.95 bits per heavy atom. The molecule has 5 nitrogen and oxygen atoms in total. The summed E-state index contributed by atoms with van der Waals surface area (Å²) in [6.45, 7) is 0. The van der Waals surface area contributed by atoms with Gasteiger partial charge in [0.05, 0.1) is 31.0 Å².